The molecule has 0 aliphatic heterocycles. The van der Waals surface area contributed by atoms with Gasteiger partial charge in [-0.2, -0.15) is 0 Å². The van der Waals surface area contributed by atoms with E-state index in [0.717, 1.165) is 15.3 Å². The Labute approximate surface area is 163 Å². The Morgan fingerprint density at radius 1 is 1.32 bits per heavy atom. The van der Waals surface area contributed by atoms with Gasteiger partial charge >= 0.3 is 0 Å². The van der Waals surface area contributed by atoms with Crippen LogP contribution in [0.1, 0.15) is 16.9 Å². The summed E-state index contributed by atoms with van der Waals surface area (Å²) in [6.45, 7) is 4.15. The molecule has 0 bridgehead atoms. The lowest BCUT2D eigenvalue weighted by atomic mass is 10.2. The summed E-state index contributed by atoms with van der Waals surface area (Å²) in [4.78, 5) is 31.2. The Hall–Kier alpha value is -3.33. The number of carbonyl (C=O) groups excluding carboxylic acids is 1. The minimum absolute atomic E-state index is 0.113. The number of thiophene rings is 1. The van der Waals surface area contributed by atoms with E-state index < -0.39 is 0 Å². The topological polar surface area (TPSA) is 103 Å². The zero-order valence-corrected chi connectivity index (χ0v) is 16.1. The second-order valence-corrected chi connectivity index (χ2v) is 7.53. The minimum atomic E-state index is -0.201. The quantitative estimate of drug-likeness (QED) is 0.557. The lowest BCUT2D eigenvalue weighted by Crippen LogP contribution is -2.23. The number of aromatic nitrogens is 4. The van der Waals surface area contributed by atoms with Crippen molar-refractivity contribution in [3.8, 4) is 11.5 Å². The first-order valence-corrected chi connectivity index (χ1v) is 9.46. The van der Waals surface area contributed by atoms with Crippen molar-refractivity contribution in [3.05, 3.63) is 57.8 Å². The maximum atomic E-state index is 12.7. The summed E-state index contributed by atoms with van der Waals surface area (Å²) in [5.41, 5.74) is 2.17. The van der Waals surface area contributed by atoms with Crippen LogP contribution in [0.25, 0.3) is 21.7 Å². The highest BCUT2D eigenvalue weighted by Crippen LogP contribution is 2.25. The summed E-state index contributed by atoms with van der Waals surface area (Å²) in [5, 5.41) is 11.0. The number of nitrogens with one attached hydrogen (secondary N) is 1. The maximum absolute atomic E-state index is 12.7. The smallest absolute Gasteiger partial charge is 0.262 e. The van der Waals surface area contributed by atoms with E-state index in [0.29, 0.717) is 22.5 Å². The summed E-state index contributed by atoms with van der Waals surface area (Å²) in [5.74, 6) is 0.177. The van der Waals surface area contributed by atoms with Crippen molar-refractivity contribution in [1.29, 1.82) is 0 Å². The zero-order chi connectivity index (χ0) is 19.7. The van der Waals surface area contributed by atoms with Gasteiger partial charge in [0.05, 0.1) is 11.7 Å². The van der Waals surface area contributed by atoms with Gasteiger partial charge in [0.1, 0.15) is 4.83 Å². The van der Waals surface area contributed by atoms with Crippen LogP contribution >= 0.6 is 11.3 Å². The molecule has 9 heteroatoms. The Bertz CT molecular complexity index is 1210. The molecule has 4 rings (SSSR count). The van der Waals surface area contributed by atoms with E-state index >= 15 is 0 Å². The molecule has 0 spiro atoms. The third kappa shape index (κ3) is 3.44. The van der Waals surface area contributed by atoms with Crippen molar-refractivity contribution in [3.63, 3.8) is 0 Å². The molecule has 142 valence electrons. The SMILES string of the molecule is Cc1sc2ncn(CCC(=O)Nc3cccc(-c4nnco4)c3)c(=O)c2c1C. The van der Waals surface area contributed by atoms with Crippen LogP contribution < -0.4 is 10.9 Å². The highest BCUT2D eigenvalue weighted by atomic mass is 32.1. The van der Waals surface area contributed by atoms with E-state index in [1.807, 2.05) is 19.9 Å². The molecule has 3 heterocycles. The molecule has 0 aliphatic rings. The number of hydrogen-bond acceptors (Lipinski definition) is 7. The van der Waals surface area contributed by atoms with Crippen molar-refractivity contribution >= 4 is 33.1 Å². The third-order valence-electron chi connectivity index (χ3n) is 4.49. The molecule has 1 aromatic carbocycles. The van der Waals surface area contributed by atoms with Crippen LogP contribution in [0.4, 0.5) is 5.69 Å². The lowest BCUT2D eigenvalue weighted by molar-refractivity contribution is -0.116. The molecule has 0 fully saturated rings. The van der Waals surface area contributed by atoms with Crippen molar-refractivity contribution < 1.29 is 9.21 Å². The van der Waals surface area contributed by atoms with Crippen LogP contribution in [0.3, 0.4) is 0 Å². The number of aryl methyl sites for hydroxylation is 3. The fraction of sp³-hybridized carbons (Fsp3) is 0.211. The summed E-state index contributed by atoms with van der Waals surface area (Å²) in [6.07, 6.45) is 2.91. The molecule has 1 amide bonds. The maximum Gasteiger partial charge on any atom is 0.262 e. The lowest BCUT2D eigenvalue weighted by Gasteiger charge is -2.08. The van der Waals surface area contributed by atoms with E-state index in [-0.39, 0.29) is 24.4 Å². The van der Waals surface area contributed by atoms with Crippen molar-refractivity contribution in [2.75, 3.05) is 5.32 Å². The van der Waals surface area contributed by atoms with Crippen LogP contribution in [-0.4, -0.2) is 25.7 Å². The summed E-state index contributed by atoms with van der Waals surface area (Å²) in [6, 6.07) is 7.13. The van der Waals surface area contributed by atoms with E-state index in [1.54, 1.807) is 18.2 Å². The van der Waals surface area contributed by atoms with Crippen LogP contribution in [0.2, 0.25) is 0 Å². The molecule has 28 heavy (non-hydrogen) atoms. The Morgan fingerprint density at radius 2 is 2.18 bits per heavy atom. The molecule has 0 saturated heterocycles. The normalized spacial score (nSPS) is 11.1. The number of benzene rings is 1. The predicted molar refractivity (Wildman–Crippen MR) is 106 cm³/mol. The third-order valence-corrected chi connectivity index (χ3v) is 5.60. The van der Waals surface area contributed by atoms with Gasteiger partial charge in [-0.05, 0) is 37.6 Å². The monoisotopic (exact) mass is 395 g/mol. The fourth-order valence-corrected chi connectivity index (χ4v) is 3.89. The molecule has 1 N–H and O–H groups in total. The number of hydrogen-bond donors (Lipinski definition) is 1. The highest BCUT2D eigenvalue weighted by Gasteiger charge is 2.13. The standard InChI is InChI=1S/C19H17N5O3S/c1-11-12(2)28-18-16(11)19(26)24(9-20-18)7-6-15(25)22-14-5-3-4-13(8-14)17-23-21-10-27-17/h3-5,8-10H,6-7H2,1-2H3,(H,22,25). The van der Waals surface area contributed by atoms with Crippen LogP contribution in [0, 0.1) is 13.8 Å². The molecule has 0 aliphatic carbocycles. The number of rotatable bonds is 5. The average molecular weight is 395 g/mol. The van der Waals surface area contributed by atoms with E-state index in [4.69, 9.17) is 4.42 Å². The minimum Gasteiger partial charge on any atom is -0.423 e. The first kappa shape index (κ1) is 18.1. The summed E-state index contributed by atoms with van der Waals surface area (Å²) >= 11 is 1.51. The zero-order valence-electron chi connectivity index (χ0n) is 15.3. The van der Waals surface area contributed by atoms with Gasteiger partial charge in [-0.3, -0.25) is 14.2 Å². The number of nitrogens with zero attached hydrogens (tertiary/aromatic N) is 4. The van der Waals surface area contributed by atoms with Crippen molar-refractivity contribution in [1.82, 2.24) is 19.7 Å². The van der Waals surface area contributed by atoms with E-state index in [9.17, 15) is 9.59 Å². The highest BCUT2D eigenvalue weighted by molar-refractivity contribution is 7.18. The van der Waals surface area contributed by atoms with Crippen LogP contribution in [0.15, 0.2) is 46.2 Å². The molecular weight excluding hydrogens is 378 g/mol. The largest absolute Gasteiger partial charge is 0.423 e. The first-order chi connectivity index (χ1) is 13.5. The van der Waals surface area contributed by atoms with Crippen molar-refractivity contribution in [2.24, 2.45) is 0 Å². The first-order valence-electron chi connectivity index (χ1n) is 8.64. The Morgan fingerprint density at radius 3 is 2.96 bits per heavy atom. The molecule has 3 aromatic heterocycles. The fourth-order valence-electron chi connectivity index (χ4n) is 2.90. The Kier molecular flexibility index (Phi) is 4.74. The molecule has 0 unspecified atom stereocenters. The van der Waals surface area contributed by atoms with Gasteiger partial charge in [-0.15, -0.1) is 21.5 Å². The molecular formula is C19H17N5O3S. The van der Waals surface area contributed by atoms with Gasteiger partial charge in [0, 0.05) is 29.1 Å². The van der Waals surface area contributed by atoms with Gasteiger partial charge in [0.25, 0.3) is 5.56 Å². The number of carbonyl (C=O) groups is 1. The number of fused-ring (bicyclic) bond motifs is 1. The predicted octanol–water partition coefficient (Wildman–Crippen LogP) is 3.15. The average Bonchev–Trinajstić information content (AvgIpc) is 3.31. The van der Waals surface area contributed by atoms with Gasteiger partial charge < -0.3 is 9.73 Å². The number of anilines is 1. The van der Waals surface area contributed by atoms with Gasteiger partial charge in [0.2, 0.25) is 18.2 Å². The van der Waals surface area contributed by atoms with Crippen molar-refractivity contribution in [2.45, 2.75) is 26.8 Å². The number of amides is 1. The van der Waals surface area contributed by atoms with E-state index in [1.165, 1.54) is 28.6 Å². The molecule has 0 radical (unpaired) electrons. The molecule has 0 saturated carbocycles. The second kappa shape index (κ2) is 7.35. The van der Waals surface area contributed by atoms with Gasteiger partial charge in [-0.1, -0.05) is 6.07 Å². The van der Waals surface area contributed by atoms with E-state index in [2.05, 4.69) is 20.5 Å². The van der Waals surface area contributed by atoms with Gasteiger partial charge in [-0.25, -0.2) is 4.98 Å². The summed E-state index contributed by atoms with van der Waals surface area (Å²) in [7, 11) is 0. The second-order valence-electron chi connectivity index (χ2n) is 6.33. The summed E-state index contributed by atoms with van der Waals surface area (Å²) < 4.78 is 6.65. The van der Waals surface area contributed by atoms with Crippen LogP contribution in [-0.2, 0) is 11.3 Å². The van der Waals surface area contributed by atoms with Crippen LogP contribution in [0.5, 0.6) is 0 Å². The Balaban J connectivity index is 1.46. The molecule has 4 aromatic rings. The molecule has 0 atom stereocenters. The molecule has 8 nitrogen and oxygen atoms in total. The van der Waals surface area contributed by atoms with Gasteiger partial charge in [0.15, 0.2) is 0 Å².